The lowest BCUT2D eigenvalue weighted by atomic mass is 10.1. The number of carbonyl (C=O) groups is 2. The summed E-state index contributed by atoms with van der Waals surface area (Å²) in [5.41, 5.74) is 0.00658. The zero-order valence-corrected chi connectivity index (χ0v) is 11.0. The zero-order chi connectivity index (χ0) is 13.9. The number of hydrogen-bond acceptors (Lipinski definition) is 4. The van der Waals surface area contributed by atoms with Crippen LogP contribution in [-0.2, 0) is 9.59 Å². The second-order valence-corrected chi connectivity index (χ2v) is 4.08. The fourth-order valence-corrected chi connectivity index (χ4v) is 1.40. The van der Waals surface area contributed by atoms with E-state index in [1.807, 2.05) is 0 Å². The van der Waals surface area contributed by atoms with Crippen molar-refractivity contribution in [3.8, 4) is 0 Å². The Labute approximate surface area is 113 Å². The van der Waals surface area contributed by atoms with Crippen molar-refractivity contribution in [2.75, 3.05) is 5.32 Å². The Hall–Kier alpha value is -1.66. The predicted octanol–water partition coefficient (Wildman–Crippen LogP) is 2.14. The van der Waals surface area contributed by atoms with Gasteiger partial charge in [-0.2, -0.15) is 0 Å². The summed E-state index contributed by atoms with van der Waals surface area (Å²) in [7, 11) is 0. The van der Waals surface area contributed by atoms with Gasteiger partial charge in [0.05, 0.1) is 0 Å². The van der Waals surface area contributed by atoms with E-state index in [2.05, 4.69) is 15.3 Å². The van der Waals surface area contributed by atoms with Crippen LogP contribution in [0.4, 0.5) is 5.82 Å². The van der Waals surface area contributed by atoms with E-state index in [1.54, 1.807) is 0 Å². The Morgan fingerprint density at radius 1 is 1.22 bits per heavy atom. The van der Waals surface area contributed by atoms with Gasteiger partial charge in [0.25, 0.3) is 5.91 Å². The molecule has 0 aliphatic heterocycles. The molecule has 2 N–H and O–H groups in total. The molecule has 0 unspecified atom stereocenters. The lowest BCUT2D eigenvalue weighted by Gasteiger charge is -2.06. The van der Waals surface area contributed by atoms with Gasteiger partial charge in [0.2, 0.25) is 5.28 Å². The number of amides is 1. The van der Waals surface area contributed by atoms with E-state index >= 15 is 0 Å². The van der Waals surface area contributed by atoms with E-state index < -0.39 is 11.9 Å². The van der Waals surface area contributed by atoms with Crippen LogP contribution in [0.25, 0.3) is 0 Å². The van der Waals surface area contributed by atoms with Crippen LogP contribution in [0.1, 0.15) is 13.8 Å². The average molecular weight is 290 g/mol. The van der Waals surface area contributed by atoms with Gasteiger partial charge in [0.15, 0.2) is 0 Å². The molecule has 0 saturated heterocycles. The first kappa shape index (κ1) is 14.4. The van der Waals surface area contributed by atoms with Crippen LogP contribution in [0.5, 0.6) is 0 Å². The maximum Gasteiger partial charge on any atom is 0.331 e. The lowest BCUT2D eigenvalue weighted by Crippen LogP contribution is -2.17. The van der Waals surface area contributed by atoms with E-state index in [1.165, 1.54) is 19.9 Å². The summed E-state index contributed by atoms with van der Waals surface area (Å²) in [6, 6.07) is 1.30. The van der Waals surface area contributed by atoms with Crippen LogP contribution in [0.2, 0.25) is 10.4 Å². The highest BCUT2D eigenvalue weighted by molar-refractivity contribution is 6.32. The van der Waals surface area contributed by atoms with Crippen molar-refractivity contribution in [3.05, 3.63) is 27.6 Å². The van der Waals surface area contributed by atoms with Gasteiger partial charge in [0.1, 0.15) is 11.0 Å². The molecule has 1 rings (SSSR count). The first-order valence-electron chi connectivity index (χ1n) is 4.73. The van der Waals surface area contributed by atoms with Crippen molar-refractivity contribution in [1.29, 1.82) is 0 Å². The van der Waals surface area contributed by atoms with Gasteiger partial charge in [-0.25, -0.2) is 14.8 Å². The van der Waals surface area contributed by atoms with Gasteiger partial charge in [0, 0.05) is 17.2 Å². The van der Waals surface area contributed by atoms with Crippen molar-refractivity contribution in [2.45, 2.75) is 13.8 Å². The highest BCUT2D eigenvalue weighted by Crippen LogP contribution is 2.15. The number of hydrogen-bond donors (Lipinski definition) is 2. The fraction of sp³-hybridized carbons (Fsp3) is 0.200. The van der Waals surface area contributed by atoms with Gasteiger partial charge in [-0.05, 0) is 25.4 Å². The topological polar surface area (TPSA) is 92.2 Å². The quantitative estimate of drug-likeness (QED) is 0.505. The van der Waals surface area contributed by atoms with Crippen LogP contribution in [0.3, 0.4) is 0 Å². The van der Waals surface area contributed by atoms with Crippen molar-refractivity contribution < 1.29 is 14.7 Å². The molecule has 0 aliphatic rings. The smallest absolute Gasteiger partial charge is 0.331 e. The molecule has 1 aromatic heterocycles. The fourth-order valence-electron chi connectivity index (χ4n) is 0.995. The number of nitrogens with one attached hydrogen (secondary N) is 1. The third kappa shape index (κ3) is 3.68. The standard InChI is InChI=1S/C10H9Cl2N3O3/c1-4(5(2)9(17)18)8(16)14-7-3-6(11)13-10(12)15-7/h3H,1-2H3,(H,17,18)(H,13,14,15,16)/b5-4+. The van der Waals surface area contributed by atoms with Crippen LogP contribution >= 0.6 is 23.2 Å². The van der Waals surface area contributed by atoms with E-state index in [-0.39, 0.29) is 27.4 Å². The van der Waals surface area contributed by atoms with Crippen molar-refractivity contribution in [1.82, 2.24) is 9.97 Å². The zero-order valence-electron chi connectivity index (χ0n) is 9.49. The van der Waals surface area contributed by atoms with Crippen LogP contribution < -0.4 is 5.32 Å². The number of carboxylic acid groups (broad SMARTS) is 1. The summed E-state index contributed by atoms with van der Waals surface area (Å²) < 4.78 is 0. The molecule has 0 aliphatic carbocycles. The molecule has 0 spiro atoms. The molecule has 0 aromatic carbocycles. The maximum atomic E-state index is 11.7. The van der Waals surface area contributed by atoms with E-state index in [9.17, 15) is 9.59 Å². The maximum absolute atomic E-state index is 11.7. The minimum atomic E-state index is -1.17. The van der Waals surface area contributed by atoms with Crippen molar-refractivity contribution in [3.63, 3.8) is 0 Å². The predicted molar refractivity (Wildman–Crippen MR) is 66.7 cm³/mol. The minimum absolute atomic E-state index is 0.0567. The lowest BCUT2D eigenvalue weighted by molar-refractivity contribution is -0.133. The Morgan fingerprint density at radius 3 is 2.33 bits per heavy atom. The highest BCUT2D eigenvalue weighted by Gasteiger charge is 2.13. The van der Waals surface area contributed by atoms with E-state index in [4.69, 9.17) is 28.3 Å². The highest BCUT2D eigenvalue weighted by atomic mass is 35.5. The Bertz CT molecular complexity index is 523. The number of nitrogens with zero attached hydrogens (tertiary/aromatic N) is 2. The molecule has 0 fully saturated rings. The molecule has 0 saturated carbocycles. The summed E-state index contributed by atoms with van der Waals surface area (Å²) in [5, 5.41) is 11.1. The SMILES string of the molecule is C/C(C(=O)O)=C(/C)C(=O)Nc1cc(Cl)nc(Cl)n1. The van der Waals surface area contributed by atoms with E-state index in [0.717, 1.165) is 0 Å². The number of aromatic nitrogens is 2. The number of aliphatic carboxylic acids is 1. The van der Waals surface area contributed by atoms with Crippen LogP contribution in [-0.4, -0.2) is 27.0 Å². The number of halogens is 2. The van der Waals surface area contributed by atoms with Crippen molar-refractivity contribution >= 4 is 40.9 Å². The Morgan fingerprint density at radius 2 is 1.83 bits per heavy atom. The van der Waals surface area contributed by atoms with Crippen LogP contribution in [0.15, 0.2) is 17.2 Å². The van der Waals surface area contributed by atoms with Crippen molar-refractivity contribution in [2.24, 2.45) is 0 Å². The van der Waals surface area contributed by atoms with Gasteiger partial charge < -0.3 is 10.4 Å². The second-order valence-electron chi connectivity index (χ2n) is 3.35. The molecule has 6 nitrogen and oxygen atoms in total. The monoisotopic (exact) mass is 289 g/mol. The number of anilines is 1. The normalized spacial score (nSPS) is 11.8. The summed E-state index contributed by atoms with van der Waals surface area (Å²) >= 11 is 11.2. The Balaban J connectivity index is 2.95. The first-order valence-corrected chi connectivity index (χ1v) is 5.49. The van der Waals surface area contributed by atoms with Gasteiger partial charge in [-0.1, -0.05) is 11.6 Å². The number of rotatable bonds is 3. The molecule has 1 heterocycles. The average Bonchev–Trinajstić information content (AvgIpc) is 2.25. The van der Waals surface area contributed by atoms with Gasteiger partial charge in [-0.3, -0.25) is 4.79 Å². The number of carboxylic acids is 1. The summed E-state index contributed by atoms with van der Waals surface area (Å²) in [6.45, 7) is 2.72. The van der Waals surface area contributed by atoms with Gasteiger partial charge >= 0.3 is 5.97 Å². The molecule has 96 valence electrons. The molecular formula is C10H9Cl2N3O3. The van der Waals surface area contributed by atoms with Gasteiger partial charge in [-0.15, -0.1) is 0 Å². The van der Waals surface area contributed by atoms with Crippen LogP contribution in [0, 0.1) is 0 Å². The molecule has 0 atom stereocenters. The molecule has 1 aromatic rings. The minimum Gasteiger partial charge on any atom is -0.478 e. The summed E-state index contributed by atoms with van der Waals surface area (Å²) in [4.78, 5) is 29.7. The third-order valence-electron chi connectivity index (χ3n) is 2.13. The summed E-state index contributed by atoms with van der Waals surface area (Å²) in [5.74, 6) is -1.66. The molecular weight excluding hydrogens is 281 g/mol. The third-order valence-corrected chi connectivity index (χ3v) is 2.50. The molecule has 0 radical (unpaired) electrons. The largest absolute Gasteiger partial charge is 0.478 e. The molecule has 1 amide bonds. The number of carbonyl (C=O) groups excluding carboxylic acids is 1. The molecule has 18 heavy (non-hydrogen) atoms. The Kier molecular flexibility index (Phi) is 4.63. The molecule has 0 bridgehead atoms. The molecule has 8 heteroatoms. The summed E-state index contributed by atoms with van der Waals surface area (Å²) in [6.07, 6.45) is 0. The second kappa shape index (κ2) is 5.79. The van der Waals surface area contributed by atoms with E-state index in [0.29, 0.717) is 0 Å². The first-order chi connectivity index (χ1) is 8.31.